The molecule has 1 unspecified atom stereocenters. The van der Waals surface area contributed by atoms with Crippen molar-refractivity contribution in [1.29, 1.82) is 0 Å². The summed E-state index contributed by atoms with van der Waals surface area (Å²) in [4.78, 5) is 6.85. The fraction of sp³-hybridized carbons (Fsp3) is 0.538. The lowest BCUT2D eigenvalue weighted by Crippen LogP contribution is -2.24. The number of fused-ring (bicyclic) bond motifs is 1. The molecule has 1 saturated heterocycles. The van der Waals surface area contributed by atoms with Crippen LogP contribution in [0.2, 0.25) is 0 Å². The summed E-state index contributed by atoms with van der Waals surface area (Å²) in [6.07, 6.45) is 1.90. The number of anilines is 1. The van der Waals surface area contributed by atoms with Crippen LogP contribution in [-0.2, 0) is 6.42 Å². The van der Waals surface area contributed by atoms with Crippen molar-refractivity contribution in [3.63, 3.8) is 0 Å². The van der Waals surface area contributed by atoms with Crippen LogP contribution >= 0.6 is 15.9 Å². The van der Waals surface area contributed by atoms with Crippen LogP contribution in [-0.4, -0.2) is 52.2 Å². The van der Waals surface area contributed by atoms with Gasteiger partial charge < -0.3 is 16.0 Å². The minimum Gasteiger partial charge on any atom is -0.365 e. The molecule has 6 nitrogen and oxygen atoms in total. The Kier molecular flexibility index (Phi) is 3.91. The van der Waals surface area contributed by atoms with Crippen LogP contribution in [0, 0.1) is 0 Å². The van der Waals surface area contributed by atoms with E-state index in [1.165, 1.54) is 0 Å². The van der Waals surface area contributed by atoms with E-state index < -0.39 is 0 Å². The maximum absolute atomic E-state index is 5.60. The van der Waals surface area contributed by atoms with Crippen LogP contribution in [0.25, 0.3) is 5.65 Å². The predicted molar refractivity (Wildman–Crippen MR) is 83.0 cm³/mol. The maximum atomic E-state index is 5.60. The molecule has 20 heavy (non-hydrogen) atoms. The molecule has 0 aliphatic carbocycles. The predicted octanol–water partition coefficient (Wildman–Crippen LogP) is 1.11. The van der Waals surface area contributed by atoms with Gasteiger partial charge in [0.25, 0.3) is 0 Å². The SMILES string of the molecule is CN1CCC(Nc2ccc3nc(CCN)c(Br)n3n2)C1. The third-order valence-electron chi connectivity index (χ3n) is 3.61. The molecule has 0 saturated carbocycles. The van der Waals surface area contributed by atoms with Gasteiger partial charge in [-0.1, -0.05) is 0 Å². The van der Waals surface area contributed by atoms with Gasteiger partial charge in [-0.25, -0.2) is 9.50 Å². The number of aromatic nitrogens is 3. The normalized spacial score (nSPS) is 19.9. The molecule has 0 bridgehead atoms. The zero-order chi connectivity index (χ0) is 14.1. The largest absolute Gasteiger partial charge is 0.365 e. The molecule has 1 fully saturated rings. The zero-order valence-electron chi connectivity index (χ0n) is 11.5. The van der Waals surface area contributed by atoms with Crippen molar-refractivity contribution < 1.29 is 0 Å². The number of rotatable bonds is 4. The van der Waals surface area contributed by atoms with E-state index in [9.17, 15) is 0 Å². The lowest BCUT2D eigenvalue weighted by molar-refractivity contribution is 0.414. The summed E-state index contributed by atoms with van der Waals surface area (Å²) in [5.74, 6) is 0.884. The third-order valence-corrected chi connectivity index (χ3v) is 4.41. The summed E-state index contributed by atoms with van der Waals surface area (Å²) in [5, 5.41) is 8.09. The lowest BCUT2D eigenvalue weighted by Gasteiger charge is -2.13. The average molecular weight is 339 g/mol. The van der Waals surface area contributed by atoms with E-state index in [1.807, 2.05) is 16.6 Å². The Morgan fingerprint density at radius 1 is 1.50 bits per heavy atom. The highest BCUT2D eigenvalue weighted by atomic mass is 79.9. The highest BCUT2D eigenvalue weighted by Gasteiger charge is 2.20. The van der Waals surface area contributed by atoms with Gasteiger partial charge in [0.2, 0.25) is 0 Å². The van der Waals surface area contributed by atoms with Gasteiger partial charge in [-0.05, 0) is 54.6 Å². The fourth-order valence-corrected chi connectivity index (χ4v) is 3.13. The van der Waals surface area contributed by atoms with E-state index in [0.717, 1.165) is 47.7 Å². The van der Waals surface area contributed by atoms with Gasteiger partial charge in [0.05, 0.1) is 5.69 Å². The number of nitrogens with one attached hydrogen (secondary N) is 1. The van der Waals surface area contributed by atoms with Gasteiger partial charge in [0, 0.05) is 19.0 Å². The number of imidazole rings is 1. The molecule has 0 amide bonds. The second-order valence-electron chi connectivity index (χ2n) is 5.27. The Morgan fingerprint density at radius 2 is 2.35 bits per heavy atom. The molecule has 3 rings (SSSR count). The van der Waals surface area contributed by atoms with Gasteiger partial charge in [-0.15, -0.1) is 5.10 Å². The highest BCUT2D eigenvalue weighted by Crippen LogP contribution is 2.20. The summed E-state index contributed by atoms with van der Waals surface area (Å²) in [6, 6.07) is 4.44. The Bertz CT molecular complexity index is 610. The van der Waals surface area contributed by atoms with Crippen molar-refractivity contribution in [2.75, 3.05) is 32.0 Å². The fourth-order valence-electron chi connectivity index (χ4n) is 2.59. The molecule has 7 heteroatoms. The molecular weight excluding hydrogens is 320 g/mol. The van der Waals surface area contributed by atoms with Crippen LogP contribution in [0.5, 0.6) is 0 Å². The number of hydrogen-bond acceptors (Lipinski definition) is 5. The Hall–Kier alpha value is -1.18. The minimum absolute atomic E-state index is 0.468. The molecule has 2 aromatic heterocycles. The van der Waals surface area contributed by atoms with E-state index in [1.54, 1.807) is 0 Å². The molecule has 0 radical (unpaired) electrons. The average Bonchev–Trinajstić information content (AvgIpc) is 2.96. The molecule has 1 aliphatic heterocycles. The summed E-state index contributed by atoms with van der Waals surface area (Å²) in [6.45, 7) is 2.78. The summed E-state index contributed by atoms with van der Waals surface area (Å²) >= 11 is 3.56. The van der Waals surface area contributed by atoms with Crippen molar-refractivity contribution in [2.45, 2.75) is 18.9 Å². The summed E-state index contributed by atoms with van der Waals surface area (Å²) in [7, 11) is 2.14. The molecule has 2 aromatic rings. The van der Waals surface area contributed by atoms with E-state index in [0.29, 0.717) is 12.6 Å². The van der Waals surface area contributed by atoms with E-state index in [4.69, 9.17) is 5.73 Å². The molecule has 108 valence electrons. The zero-order valence-corrected chi connectivity index (χ0v) is 13.1. The number of hydrogen-bond donors (Lipinski definition) is 2. The van der Waals surface area contributed by atoms with Crippen LogP contribution in [0.15, 0.2) is 16.7 Å². The molecule has 1 atom stereocenters. The number of likely N-dealkylation sites (tertiary alicyclic amines) is 1. The second kappa shape index (κ2) is 5.67. The van der Waals surface area contributed by atoms with Crippen molar-refractivity contribution in [3.05, 3.63) is 22.4 Å². The molecule has 0 spiro atoms. The smallest absolute Gasteiger partial charge is 0.155 e. The second-order valence-corrected chi connectivity index (χ2v) is 6.02. The van der Waals surface area contributed by atoms with Crippen LogP contribution in [0.3, 0.4) is 0 Å². The van der Waals surface area contributed by atoms with E-state index in [2.05, 4.69) is 43.3 Å². The lowest BCUT2D eigenvalue weighted by atomic mass is 10.2. The standard InChI is InChI=1S/C13H19BrN6/c1-19-7-5-9(8-19)16-11-2-3-12-17-10(4-6-15)13(14)20(12)18-11/h2-3,9H,4-8,15H2,1H3,(H,16,18). The van der Waals surface area contributed by atoms with Crippen molar-refractivity contribution in [3.8, 4) is 0 Å². The summed E-state index contributed by atoms with van der Waals surface area (Å²) < 4.78 is 2.72. The van der Waals surface area contributed by atoms with Crippen molar-refractivity contribution in [1.82, 2.24) is 19.5 Å². The minimum atomic E-state index is 0.468. The molecule has 3 N–H and O–H groups in total. The first-order chi connectivity index (χ1) is 9.67. The topological polar surface area (TPSA) is 71.5 Å². The Labute approximate surface area is 126 Å². The van der Waals surface area contributed by atoms with Gasteiger partial charge in [-0.3, -0.25) is 0 Å². The van der Waals surface area contributed by atoms with Crippen molar-refractivity contribution >= 4 is 27.4 Å². The third kappa shape index (κ3) is 2.65. The van der Waals surface area contributed by atoms with E-state index >= 15 is 0 Å². The number of nitrogens with two attached hydrogens (primary N) is 1. The molecule has 3 heterocycles. The van der Waals surface area contributed by atoms with Crippen molar-refractivity contribution in [2.24, 2.45) is 5.73 Å². The maximum Gasteiger partial charge on any atom is 0.155 e. The number of halogens is 1. The van der Waals surface area contributed by atoms with Crippen LogP contribution in [0.1, 0.15) is 12.1 Å². The van der Waals surface area contributed by atoms with Gasteiger partial charge in [0.15, 0.2) is 5.65 Å². The quantitative estimate of drug-likeness (QED) is 0.873. The van der Waals surface area contributed by atoms with E-state index in [-0.39, 0.29) is 0 Å². The number of nitrogens with zero attached hydrogens (tertiary/aromatic N) is 4. The first-order valence-electron chi connectivity index (χ1n) is 6.86. The molecular formula is C13H19BrN6. The Morgan fingerprint density at radius 3 is 3.05 bits per heavy atom. The van der Waals surface area contributed by atoms with Gasteiger partial charge in [0.1, 0.15) is 10.4 Å². The number of likely N-dealkylation sites (N-methyl/N-ethyl adjacent to an activating group) is 1. The highest BCUT2D eigenvalue weighted by molar-refractivity contribution is 9.10. The monoisotopic (exact) mass is 338 g/mol. The molecule has 0 aromatic carbocycles. The first kappa shape index (κ1) is 13.8. The van der Waals surface area contributed by atoms with Gasteiger partial charge in [-0.2, -0.15) is 0 Å². The first-order valence-corrected chi connectivity index (χ1v) is 7.66. The molecule has 1 aliphatic rings. The summed E-state index contributed by atoms with van der Waals surface area (Å²) in [5.41, 5.74) is 7.39. The Balaban J connectivity index is 1.84. The van der Waals surface area contributed by atoms with Crippen LogP contribution in [0.4, 0.5) is 5.82 Å². The van der Waals surface area contributed by atoms with Crippen LogP contribution < -0.4 is 11.1 Å². The van der Waals surface area contributed by atoms with Gasteiger partial charge >= 0.3 is 0 Å².